The lowest BCUT2D eigenvalue weighted by Crippen LogP contribution is -2.46. The molecule has 1 aromatic heterocycles. The number of halogens is 1. The highest BCUT2D eigenvalue weighted by molar-refractivity contribution is 5.55. The van der Waals surface area contributed by atoms with E-state index < -0.39 is 0 Å². The molecule has 1 fully saturated rings. The number of hydrogen-bond acceptors (Lipinski definition) is 5. The van der Waals surface area contributed by atoms with E-state index in [0.29, 0.717) is 17.4 Å². The second-order valence-electron chi connectivity index (χ2n) is 6.66. The number of aromatic nitrogens is 2. The Balaban J connectivity index is 1.37. The quantitative estimate of drug-likeness (QED) is 0.719. The molecule has 1 saturated heterocycles. The average Bonchev–Trinajstić information content (AvgIpc) is 3.14. The zero-order valence-electron chi connectivity index (χ0n) is 14.7. The monoisotopic (exact) mass is 352 g/mol. The molecule has 0 N–H and O–H groups in total. The van der Waals surface area contributed by atoms with E-state index in [1.54, 1.807) is 12.1 Å². The van der Waals surface area contributed by atoms with Crippen LogP contribution >= 0.6 is 0 Å². The third kappa shape index (κ3) is 3.75. The number of piperazine rings is 1. The van der Waals surface area contributed by atoms with Crippen LogP contribution in [0.3, 0.4) is 0 Å². The molecule has 0 spiro atoms. The fourth-order valence-electron chi connectivity index (χ4n) is 3.14. The Kier molecular flexibility index (Phi) is 4.67. The van der Waals surface area contributed by atoms with Crippen LogP contribution in [0.15, 0.2) is 53.1 Å². The van der Waals surface area contributed by atoms with Crippen LogP contribution in [0.5, 0.6) is 0 Å². The van der Waals surface area contributed by atoms with E-state index in [4.69, 9.17) is 4.52 Å². The van der Waals surface area contributed by atoms with Gasteiger partial charge in [-0.05, 0) is 24.6 Å². The van der Waals surface area contributed by atoms with Crippen molar-refractivity contribution in [1.82, 2.24) is 15.0 Å². The Labute approximate surface area is 152 Å². The van der Waals surface area contributed by atoms with Crippen LogP contribution in [0.2, 0.25) is 0 Å². The first kappa shape index (κ1) is 16.7. The van der Waals surface area contributed by atoms with Gasteiger partial charge in [-0.15, -0.1) is 0 Å². The first-order chi connectivity index (χ1) is 12.7. The first-order valence-electron chi connectivity index (χ1n) is 8.80. The molecule has 0 atom stereocenters. The van der Waals surface area contributed by atoms with Crippen molar-refractivity contribution < 1.29 is 8.91 Å². The van der Waals surface area contributed by atoms with Crippen molar-refractivity contribution in [2.45, 2.75) is 13.5 Å². The lowest BCUT2D eigenvalue weighted by molar-refractivity contribution is 0.242. The Morgan fingerprint density at radius 3 is 2.54 bits per heavy atom. The molecule has 1 aliphatic rings. The van der Waals surface area contributed by atoms with Gasteiger partial charge in [-0.25, -0.2) is 4.39 Å². The maximum absolute atomic E-state index is 13.4. The van der Waals surface area contributed by atoms with Crippen LogP contribution < -0.4 is 4.90 Å². The molecule has 26 heavy (non-hydrogen) atoms. The summed E-state index contributed by atoms with van der Waals surface area (Å²) >= 11 is 0. The highest BCUT2D eigenvalue weighted by atomic mass is 19.1. The lowest BCUT2D eigenvalue weighted by atomic mass is 10.1. The van der Waals surface area contributed by atoms with E-state index in [2.05, 4.69) is 51.1 Å². The molecular weight excluding hydrogens is 331 g/mol. The number of rotatable bonds is 4. The SMILES string of the molecule is Cc1ccc(CN2CCN(c3nc(-c4cccc(F)c4)no3)CC2)cc1. The summed E-state index contributed by atoms with van der Waals surface area (Å²) in [7, 11) is 0. The minimum atomic E-state index is -0.307. The van der Waals surface area contributed by atoms with Crippen LogP contribution in [-0.2, 0) is 6.54 Å². The lowest BCUT2D eigenvalue weighted by Gasteiger charge is -2.33. The van der Waals surface area contributed by atoms with Gasteiger partial charge in [0.2, 0.25) is 5.82 Å². The summed E-state index contributed by atoms with van der Waals surface area (Å²) in [5.41, 5.74) is 3.23. The second kappa shape index (κ2) is 7.25. The summed E-state index contributed by atoms with van der Waals surface area (Å²) in [5, 5.41) is 3.99. The Morgan fingerprint density at radius 1 is 1.04 bits per heavy atom. The number of benzene rings is 2. The van der Waals surface area contributed by atoms with Gasteiger partial charge >= 0.3 is 6.01 Å². The van der Waals surface area contributed by atoms with Gasteiger partial charge in [-0.3, -0.25) is 4.90 Å². The van der Waals surface area contributed by atoms with Crippen LogP contribution in [0.4, 0.5) is 10.4 Å². The third-order valence-corrected chi connectivity index (χ3v) is 4.67. The molecule has 134 valence electrons. The van der Waals surface area contributed by atoms with Crippen molar-refractivity contribution in [3.05, 3.63) is 65.5 Å². The summed E-state index contributed by atoms with van der Waals surface area (Å²) in [4.78, 5) is 8.93. The van der Waals surface area contributed by atoms with Gasteiger partial charge < -0.3 is 9.42 Å². The maximum atomic E-state index is 13.4. The molecule has 0 radical (unpaired) electrons. The Hall–Kier alpha value is -2.73. The van der Waals surface area contributed by atoms with Gasteiger partial charge in [0.05, 0.1) is 0 Å². The highest BCUT2D eigenvalue weighted by Crippen LogP contribution is 2.21. The van der Waals surface area contributed by atoms with E-state index in [0.717, 1.165) is 32.7 Å². The van der Waals surface area contributed by atoms with Crippen molar-refractivity contribution in [3.63, 3.8) is 0 Å². The molecule has 6 heteroatoms. The summed E-state index contributed by atoms with van der Waals surface area (Å²) in [6.45, 7) is 6.59. The molecule has 0 unspecified atom stereocenters. The fourth-order valence-corrected chi connectivity index (χ4v) is 3.14. The van der Waals surface area contributed by atoms with Gasteiger partial charge in [0.15, 0.2) is 0 Å². The predicted octanol–water partition coefficient (Wildman–Crippen LogP) is 3.51. The summed E-state index contributed by atoms with van der Waals surface area (Å²) in [6, 6.07) is 15.4. The molecule has 4 rings (SSSR count). The Bertz CT molecular complexity index is 870. The van der Waals surface area contributed by atoms with Crippen molar-refractivity contribution in [2.75, 3.05) is 31.1 Å². The normalized spacial score (nSPS) is 15.4. The third-order valence-electron chi connectivity index (χ3n) is 4.67. The van der Waals surface area contributed by atoms with E-state index >= 15 is 0 Å². The van der Waals surface area contributed by atoms with Crippen molar-refractivity contribution >= 4 is 6.01 Å². The number of hydrogen-bond donors (Lipinski definition) is 0. The van der Waals surface area contributed by atoms with Crippen LogP contribution in [-0.4, -0.2) is 41.2 Å². The van der Waals surface area contributed by atoms with Gasteiger partial charge in [0, 0.05) is 38.3 Å². The summed E-state index contributed by atoms with van der Waals surface area (Å²) in [5.74, 6) is 0.111. The average molecular weight is 352 g/mol. The zero-order valence-corrected chi connectivity index (χ0v) is 14.7. The number of nitrogens with zero attached hydrogens (tertiary/aromatic N) is 4. The number of aryl methyl sites for hydroxylation is 1. The Morgan fingerprint density at radius 2 is 1.81 bits per heavy atom. The van der Waals surface area contributed by atoms with E-state index in [1.165, 1.54) is 23.3 Å². The highest BCUT2D eigenvalue weighted by Gasteiger charge is 2.22. The molecule has 0 bridgehead atoms. The smallest absolute Gasteiger partial charge is 0.322 e. The van der Waals surface area contributed by atoms with Crippen LogP contribution in [0, 0.1) is 12.7 Å². The van der Waals surface area contributed by atoms with Gasteiger partial charge in [-0.1, -0.05) is 47.1 Å². The summed E-state index contributed by atoms with van der Waals surface area (Å²) in [6.07, 6.45) is 0. The van der Waals surface area contributed by atoms with Gasteiger partial charge in [-0.2, -0.15) is 4.98 Å². The molecule has 2 aromatic carbocycles. The van der Waals surface area contributed by atoms with E-state index in [9.17, 15) is 4.39 Å². The molecule has 3 aromatic rings. The molecular formula is C20H21FN4O. The topological polar surface area (TPSA) is 45.4 Å². The van der Waals surface area contributed by atoms with E-state index in [-0.39, 0.29) is 5.82 Å². The standard InChI is InChI=1S/C20H21FN4O/c1-15-5-7-16(8-6-15)14-24-9-11-25(12-10-24)20-22-19(23-26-20)17-3-2-4-18(21)13-17/h2-8,13H,9-12,14H2,1H3. The molecule has 0 aliphatic carbocycles. The van der Waals surface area contributed by atoms with Crippen molar-refractivity contribution in [2.24, 2.45) is 0 Å². The predicted molar refractivity (Wildman–Crippen MR) is 98.4 cm³/mol. The van der Waals surface area contributed by atoms with Crippen LogP contribution in [0.25, 0.3) is 11.4 Å². The summed E-state index contributed by atoms with van der Waals surface area (Å²) < 4.78 is 18.7. The van der Waals surface area contributed by atoms with Gasteiger partial charge in [0.1, 0.15) is 5.82 Å². The minimum absolute atomic E-state index is 0.307. The molecule has 5 nitrogen and oxygen atoms in total. The molecule has 0 saturated carbocycles. The minimum Gasteiger partial charge on any atom is -0.322 e. The molecule has 2 heterocycles. The second-order valence-corrected chi connectivity index (χ2v) is 6.66. The van der Waals surface area contributed by atoms with Crippen molar-refractivity contribution in [3.8, 4) is 11.4 Å². The number of anilines is 1. The molecule has 1 aliphatic heterocycles. The maximum Gasteiger partial charge on any atom is 0.324 e. The molecule has 0 amide bonds. The fraction of sp³-hybridized carbons (Fsp3) is 0.300. The van der Waals surface area contributed by atoms with E-state index in [1.807, 2.05) is 0 Å². The zero-order chi connectivity index (χ0) is 17.9. The van der Waals surface area contributed by atoms with Crippen LogP contribution in [0.1, 0.15) is 11.1 Å². The first-order valence-corrected chi connectivity index (χ1v) is 8.80. The largest absolute Gasteiger partial charge is 0.324 e. The van der Waals surface area contributed by atoms with Crippen molar-refractivity contribution in [1.29, 1.82) is 0 Å². The van der Waals surface area contributed by atoms with Gasteiger partial charge in [0.25, 0.3) is 0 Å².